The lowest BCUT2D eigenvalue weighted by Crippen LogP contribution is -2.30. The second-order valence-corrected chi connectivity index (χ2v) is 6.54. The molecule has 0 aromatic heterocycles. The molecule has 122 valence electrons. The van der Waals surface area contributed by atoms with Crippen LogP contribution in [0.5, 0.6) is 0 Å². The van der Waals surface area contributed by atoms with E-state index in [1.807, 2.05) is 12.2 Å². The summed E-state index contributed by atoms with van der Waals surface area (Å²) in [5.41, 5.74) is 7.51. The molecule has 0 heteroatoms. The Morgan fingerprint density at radius 1 is 0.880 bits per heavy atom. The van der Waals surface area contributed by atoms with Crippen molar-refractivity contribution in [2.24, 2.45) is 0 Å². The van der Waals surface area contributed by atoms with Crippen LogP contribution in [0.2, 0.25) is 0 Å². The van der Waals surface area contributed by atoms with E-state index in [2.05, 4.69) is 86.0 Å². The largest absolute Gasteiger partial charge is 0.0991 e. The molecule has 2 aromatic rings. The molecular formula is C25H22. The number of hydrogen-bond donors (Lipinski definition) is 0. The lowest BCUT2D eigenvalue weighted by molar-refractivity contribution is 0.750. The highest BCUT2D eigenvalue weighted by molar-refractivity contribution is 5.87. The predicted octanol–water partition coefficient (Wildman–Crippen LogP) is 6.53. The highest BCUT2D eigenvalue weighted by Crippen LogP contribution is 2.57. The van der Waals surface area contributed by atoms with Gasteiger partial charge in [-0.2, -0.15) is 0 Å². The smallest absolute Gasteiger partial charge is 0.0710 e. The maximum Gasteiger partial charge on any atom is 0.0710 e. The zero-order valence-electron chi connectivity index (χ0n) is 14.4. The molecule has 0 radical (unpaired) electrons. The minimum absolute atomic E-state index is 0.306. The van der Waals surface area contributed by atoms with Crippen molar-refractivity contribution in [2.75, 3.05) is 0 Å². The maximum atomic E-state index is 4.14. The second-order valence-electron chi connectivity index (χ2n) is 6.54. The van der Waals surface area contributed by atoms with Crippen LogP contribution in [0.4, 0.5) is 0 Å². The third-order valence-electron chi connectivity index (χ3n) is 5.33. The highest BCUT2D eigenvalue weighted by atomic mass is 14.5. The summed E-state index contributed by atoms with van der Waals surface area (Å²) in [6.45, 7) is 8.09. The summed E-state index contributed by atoms with van der Waals surface area (Å²) in [6.07, 6.45) is 15.1. The topological polar surface area (TPSA) is 0 Å². The highest BCUT2D eigenvalue weighted by Gasteiger charge is 2.46. The van der Waals surface area contributed by atoms with Crippen LogP contribution >= 0.6 is 0 Å². The summed E-state index contributed by atoms with van der Waals surface area (Å²) in [5, 5.41) is 0. The molecule has 0 unspecified atom stereocenters. The summed E-state index contributed by atoms with van der Waals surface area (Å²) >= 11 is 0. The fourth-order valence-electron chi connectivity index (χ4n) is 4.39. The molecular weight excluding hydrogens is 300 g/mol. The molecule has 0 saturated carbocycles. The number of allylic oxidation sites excluding steroid dienone is 8. The van der Waals surface area contributed by atoms with E-state index in [1.54, 1.807) is 0 Å². The monoisotopic (exact) mass is 322 g/mol. The van der Waals surface area contributed by atoms with Gasteiger partial charge >= 0.3 is 0 Å². The summed E-state index contributed by atoms with van der Waals surface area (Å²) < 4.78 is 0. The van der Waals surface area contributed by atoms with Crippen molar-refractivity contribution in [3.63, 3.8) is 0 Å². The van der Waals surface area contributed by atoms with Crippen LogP contribution in [0, 0.1) is 0 Å². The summed E-state index contributed by atoms with van der Waals surface area (Å²) in [6, 6.07) is 17.5. The van der Waals surface area contributed by atoms with Crippen molar-refractivity contribution in [1.82, 2.24) is 0 Å². The second kappa shape index (κ2) is 6.22. The average Bonchev–Trinajstić information content (AvgIpc) is 2.98. The first-order chi connectivity index (χ1) is 12.3. The van der Waals surface area contributed by atoms with Crippen LogP contribution in [0.3, 0.4) is 0 Å². The SMILES string of the molecule is C=C/C=C(\C=C)C1(C2=CCCC=C2)c2ccccc2-c2ccccc21. The first-order valence-corrected chi connectivity index (χ1v) is 8.86. The van der Waals surface area contributed by atoms with Gasteiger partial charge in [0.1, 0.15) is 0 Å². The standard InChI is InChI=1S/C25H22/c1-3-12-19(4-2)25(20-13-6-5-7-14-20)23-17-10-8-15-21(23)22-16-9-11-18-24(22)25/h3-4,6,8-18H,1-2,5,7H2/b19-12+. The van der Waals surface area contributed by atoms with E-state index in [4.69, 9.17) is 0 Å². The van der Waals surface area contributed by atoms with Crippen LogP contribution in [0.1, 0.15) is 24.0 Å². The van der Waals surface area contributed by atoms with Crippen molar-refractivity contribution >= 4 is 0 Å². The van der Waals surface area contributed by atoms with Gasteiger partial charge in [-0.3, -0.25) is 0 Å². The molecule has 0 amide bonds. The average molecular weight is 322 g/mol. The Labute approximate surface area is 150 Å². The zero-order valence-corrected chi connectivity index (χ0v) is 14.4. The fourth-order valence-corrected chi connectivity index (χ4v) is 4.39. The first-order valence-electron chi connectivity index (χ1n) is 8.86. The Hall–Kier alpha value is -2.86. The minimum Gasteiger partial charge on any atom is -0.0991 e. The zero-order chi connectivity index (χ0) is 17.3. The van der Waals surface area contributed by atoms with E-state index in [1.165, 1.54) is 33.4 Å². The Morgan fingerprint density at radius 3 is 2.04 bits per heavy atom. The molecule has 0 bridgehead atoms. The molecule has 2 aromatic carbocycles. The minimum atomic E-state index is -0.306. The van der Waals surface area contributed by atoms with Crippen molar-refractivity contribution in [1.29, 1.82) is 0 Å². The molecule has 2 aliphatic carbocycles. The predicted molar refractivity (Wildman–Crippen MR) is 108 cm³/mol. The van der Waals surface area contributed by atoms with E-state index >= 15 is 0 Å². The molecule has 0 aliphatic heterocycles. The van der Waals surface area contributed by atoms with E-state index in [-0.39, 0.29) is 5.41 Å². The molecule has 0 saturated heterocycles. The van der Waals surface area contributed by atoms with Crippen molar-refractivity contribution < 1.29 is 0 Å². The van der Waals surface area contributed by atoms with Gasteiger partial charge in [-0.1, -0.05) is 98.1 Å². The van der Waals surface area contributed by atoms with E-state index in [0.717, 1.165) is 12.8 Å². The summed E-state index contributed by atoms with van der Waals surface area (Å²) in [4.78, 5) is 0. The van der Waals surface area contributed by atoms with Crippen LogP contribution < -0.4 is 0 Å². The molecule has 0 N–H and O–H groups in total. The maximum absolute atomic E-state index is 4.14. The van der Waals surface area contributed by atoms with Gasteiger partial charge in [0.15, 0.2) is 0 Å². The van der Waals surface area contributed by atoms with Gasteiger partial charge in [0.25, 0.3) is 0 Å². The lowest BCUT2D eigenvalue weighted by atomic mass is 9.65. The number of fused-ring (bicyclic) bond motifs is 3. The van der Waals surface area contributed by atoms with Crippen molar-refractivity contribution in [3.05, 3.63) is 120 Å². The van der Waals surface area contributed by atoms with Crippen molar-refractivity contribution in [3.8, 4) is 11.1 Å². The molecule has 0 atom stereocenters. The van der Waals surface area contributed by atoms with Crippen molar-refractivity contribution in [2.45, 2.75) is 18.3 Å². The Morgan fingerprint density at radius 2 is 1.52 bits per heavy atom. The lowest BCUT2D eigenvalue weighted by Gasteiger charge is -2.36. The molecule has 0 fully saturated rings. The number of hydrogen-bond acceptors (Lipinski definition) is 0. The number of rotatable bonds is 4. The molecule has 25 heavy (non-hydrogen) atoms. The van der Waals surface area contributed by atoms with Gasteiger partial charge in [-0.25, -0.2) is 0 Å². The van der Waals surface area contributed by atoms with Gasteiger partial charge in [-0.05, 0) is 46.2 Å². The van der Waals surface area contributed by atoms with Gasteiger partial charge in [-0.15, -0.1) is 0 Å². The summed E-state index contributed by atoms with van der Waals surface area (Å²) in [7, 11) is 0. The first kappa shape index (κ1) is 15.7. The quantitative estimate of drug-likeness (QED) is 0.561. The molecule has 0 spiro atoms. The summed E-state index contributed by atoms with van der Waals surface area (Å²) in [5.74, 6) is 0. The normalized spacial score (nSPS) is 17.4. The molecule has 0 heterocycles. The molecule has 0 nitrogen and oxygen atoms in total. The van der Waals surface area contributed by atoms with E-state index in [9.17, 15) is 0 Å². The van der Waals surface area contributed by atoms with E-state index in [0.29, 0.717) is 0 Å². The Balaban J connectivity index is 2.16. The molecule has 4 rings (SSSR count). The van der Waals surface area contributed by atoms with Gasteiger partial charge < -0.3 is 0 Å². The van der Waals surface area contributed by atoms with E-state index < -0.39 is 0 Å². The Kier molecular flexibility index (Phi) is 3.89. The van der Waals surface area contributed by atoms with Crippen LogP contribution in [-0.4, -0.2) is 0 Å². The van der Waals surface area contributed by atoms with Crippen LogP contribution in [0.25, 0.3) is 11.1 Å². The van der Waals surface area contributed by atoms with Crippen LogP contribution in [0.15, 0.2) is 109 Å². The number of benzene rings is 2. The Bertz CT molecular complexity index is 889. The molecule has 2 aliphatic rings. The van der Waals surface area contributed by atoms with Gasteiger partial charge in [0.05, 0.1) is 5.41 Å². The van der Waals surface area contributed by atoms with Gasteiger partial charge in [0.2, 0.25) is 0 Å². The van der Waals surface area contributed by atoms with Crippen LogP contribution in [-0.2, 0) is 5.41 Å². The fraction of sp³-hybridized carbons (Fsp3) is 0.120. The third-order valence-corrected chi connectivity index (χ3v) is 5.33. The third kappa shape index (κ3) is 2.14. The van der Waals surface area contributed by atoms with Gasteiger partial charge in [0, 0.05) is 0 Å².